The number of carbonyl (C=O) groups excluding carboxylic acids is 1. The molecule has 122 valence electrons. The molecule has 0 aromatic carbocycles. The van der Waals surface area contributed by atoms with E-state index >= 15 is 0 Å². The van der Waals surface area contributed by atoms with Gasteiger partial charge in [-0.15, -0.1) is 0 Å². The fourth-order valence-corrected chi connectivity index (χ4v) is 2.17. The van der Waals surface area contributed by atoms with Gasteiger partial charge in [0.1, 0.15) is 5.56 Å². The van der Waals surface area contributed by atoms with Crippen LogP contribution in [0.15, 0.2) is 55.0 Å². The van der Waals surface area contributed by atoms with Crippen molar-refractivity contribution in [3.8, 4) is 5.88 Å². The largest absolute Gasteiger partial charge is 0.477 e. The minimum Gasteiger partial charge on any atom is -0.477 e. The van der Waals surface area contributed by atoms with Gasteiger partial charge in [0.2, 0.25) is 5.88 Å². The second-order valence-electron chi connectivity index (χ2n) is 4.96. The number of amides is 1. The van der Waals surface area contributed by atoms with E-state index < -0.39 is 0 Å². The van der Waals surface area contributed by atoms with Crippen molar-refractivity contribution in [3.05, 3.63) is 66.2 Å². The summed E-state index contributed by atoms with van der Waals surface area (Å²) in [6.45, 7) is 2.82. The van der Waals surface area contributed by atoms with E-state index in [2.05, 4.69) is 20.4 Å². The summed E-state index contributed by atoms with van der Waals surface area (Å²) in [5, 5.41) is 7.08. The first-order valence-corrected chi connectivity index (χ1v) is 7.59. The van der Waals surface area contributed by atoms with Crippen LogP contribution in [-0.4, -0.2) is 32.3 Å². The van der Waals surface area contributed by atoms with E-state index in [4.69, 9.17) is 4.74 Å². The maximum absolute atomic E-state index is 12.4. The first-order chi connectivity index (χ1) is 11.8. The summed E-state index contributed by atoms with van der Waals surface area (Å²) >= 11 is 0. The van der Waals surface area contributed by atoms with Gasteiger partial charge < -0.3 is 10.1 Å². The Balaban J connectivity index is 1.69. The Morgan fingerprint density at radius 2 is 2.04 bits per heavy atom. The van der Waals surface area contributed by atoms with Gasteiger partial charge in [-0.2, -0.15) is 5.10 Å². The monoisotopic (exact) mass is 323 g/mol. The van der Waals surface area contributed by atoms with Crippen molar-refractivity contribution < 1.29 is 9.53 Å². The van der Waals surface area contributed by atoms with Crippen LogP contribution in [0, 0.1) is 0 Å². The van der Waals surface area contributed by atoms with Gasteiger partial charge in [-0.1, -0.05) is 6.07 Å². The predicted octanol–water partition coefficient (Wildman–Crippen LogP) is 2.37. The fraction of sp³-hybridized carbons (Fsp3) is 0.176. The van der Waals surface area contributed by atoms with Crippen LogP contribution in [0.25, 0.3) is 0 Å². The van der Waals surface area contributed by atoms with Gasteiger partial charge in [0.05, 0.1) is 18.8 Å². The molecule has 0 aliphatic heterocycles. The summed E-state index contributed by atoms with van der Waals surface area (Å²) in [5.74, 6) is 0.460. The highest BCUT2D eigenvalue weighted by atomic mass is 16.5. The molecule has 7 nitrogen and oxygen atoms in total. The molecule has 0 atom stereocenters. The van der Waals surface area contributed by atoms with Gasteiger partial charge >= 0.3 is 0 Å². The SMILES string of the molecule is CCOc1ncccc1C(=O)Nc1ccn(Cc2ccccn2)n1. The van der Waals surface area contributed by atoms with Gasteiger partial charge in [-0.25, -0.2) is 4.98 Å². The number of nitrogens with zero attached hydrogens (tertiary/aromatic N) is 4. The lowest BCUT2D eigenvalue weighted by Crippen LogP contribution is -2.15. The van der Waals surface area contributed by atoms with Gasteiger partial charge in [0.15, 0.2) is 5.82 Å². The molecule has 0 spiro atoms. The van der Waals surface area contributed by atoms with E-state index in [1.165, 1.54) is 0 Å². The molecule has 0 saturated carbocycles. The zero-order valence-electron chi connectivity index (χ0n) is 13.2. The number of rotatable bonds is 6. The van der Waals surface area contributed by atoms with Crippen LogP contribution in [0.2, 0.25) is 0 Å². The molecule has 3 aromatic rings. The molecule has 1 amide bonds. The zero-order valence-corrected chi connectivity index (χ0v) is 13.2. The molecule has 0 aliphatic rings. The quantitative estimate of drug-likeness (QED) is 0.753. The number of ether oxygens (including phenoxy) is 1. The van der Waals surface area contributed by atoms with E-state index in [0.29, 0.717) is 30.4 Å². The average molecular weight is 323 g/mol. The summed E-state index contributed by atoms with van der Waals surface area (Å²) in [6.07, 6.45) is 5.11. The molecule has 0 aliphatic carbocycles. The number of carbonyl (C=O) groups is 1. The Kier molecular flexibility index (Phi) is 4.81. The normalized spacial score (nSPS) is 10.4. The Bertz CT molecular complexity index is 817. The van der Waals surface area contributed by atoms with Crippen LogP contribution in [0.1, 0.15) is 23.0 Å². The maximum atomic E-state index is 12.4. The number of pyridine rings is 2. The number of nitrogens with one attached hydrogen (secondary N) is 1. The van der Waals surface area contributed by atoms with Crippen molar-refractivity contribution >= 4 is 11.7 Å². The van der Waals surface area contributed by atoms with Crippen molar-refractivity contribution in [3.63, 3.8) is 0 Å². The highest BCUT2D eigenvalue weighted by Gasteiger charge is 2.14. The van der Waals surface area contributed by atoms with Gasteiger partial charge in [-0.3, -0.25) is 14.5 Å². The minimum atomic E-state index is -0.311. The topological polar surface area (TPSA) is 81.9 Å². The van der Waals surface area contributed by atoms with E-state index in [1.54, 1.807) is 41.5 Å². The smallest absolute Gasteiger partial charge is 0.262 e. The van der Waals surface area contributed by atoms with Gasteiger partial charge in [0, 0.05) is 24.7 Å². The Morgan fingerprint density at radius 3 is 2.83 bits per heavy atom. The molecule has 3 aromatic heterocycles. The van der Waals surface area contributed by atoms with Crippen molar-refractivity contribution in [2.75, 3.05) is 11.9 Å². The number of hydrogen-bond acceptors (Lipinski definition) is 5. The third-order valence-corrected chi connectivity index (χ3v) is 3.23. The molecule has 0 saturated heterocycles. The molecule has 3 rings (SSSR count). The number of anilines is 1. The van der Waals surface area contributed by atoms with Crippen LogP contribution >= 0.6 is 0 Å². The summed E-state index contributed by atoms with van der Waals surface area (Å²) in [4.78, 5) is 20.7. The molecular weight excluding hydrogens is 306 g/mol. The lowest BCUT2D eigenvalue weighted by Gasteiger charge is -2.07. The molecule has 0 bridgehead atoms. The Hall–Kier alpha value is -3.22. The Morgan fingerprint density at radius 1 is 1.17 bits per heavy atom. The molecular formula is C17H17N5O2. The zero-order chi connectivity index (χ0) is 16.8. The third-order valence-electron chi connectivity index (χ3n) is 3.23. The molecule has 0 fully saturated rings. The minimum absolute atomic E-state index is 0.311. The standard InChI is InChI=1S/C17H17N5O2/c1-2-24-17-14(7-5-10-19-17)16(23)20-15-8-11-22(21-15)12-13-6-3-4-9-18-13/h3-11H,2,12H2,1H3,(H,20,21,23). The average Bonchev–Trinajstić information content (AvgIpc) is 3.03. The van der Waals surface area contributed by atoms with Crippen molar-refractivity contribution in [1.29, 1.82) is 0 Å². The maximum Gasteiger partial charge on any atom is 0.262 e. The molecule has 7 heteroatoms. The lowest BCUT2D eigenvalue weighted by atomic mass is 10.2. The highest BCUT2D eigenvalue weighted by molar-refractivity contribution is 6.05. The Labute approximate surface area is 139 Å². The van der Waals surface area contributed by atoms with Crippen LogP contribution in [0.3, 0.4) is 0 Å². The first kappa shape index (κ1) is 15.7. The number of hydrogen-bond donors (Lipinski definition) is 1. The van der Waals surface area contributed by atoms with E-state index in [-0.39, 0.29) is 5.91 Å². The number of aromatic nitrogens is 4. The lowest BCUT2D eigenvalue weighted by molar-refractivity contribution is 0.102. The van der Waals surface area contributed by atoms with Crippen molar-refractivity contribution in [2.24, 2.45) is 0 Å². The second kappa shape index (κ2) is 7.36. The van der Waals surface area contributed by atoms with Crippen molar-refractivity contribution in [2.45, 2.75) is 13.5 Å². The van der Waals surface area contributed by atoms with Crippen LogP contribution in [-0.2, 0) is 6.54 Å². The van der Waals surface area contributed by atoms with Gasteiger partial charge in [0.25, 0.3) is 5.91 Å². The van der Waals surface area contributed by atoms with Gasteiger partial charge in [-0.05, 0) is 31.2 Å². The molecule has 1 N–H and O–H groups in total. The van der Waals surface area contributed by atoms with E-state index in [0.717, 1.165) is 5.69 Å². The third kappa shape index (κ3) is 3.75. The first-order valence-electron chi connectivity index (χ1n) is 7.59. The van der Waals surface area contributed by atoms with Crippen LogP contribution in [0.5, 0.6) is 5.88 Å². The summed E-state index contributed by atoms with van der Waals surface area (Å²) < 4.78 is 7.09. The van der Waals surface area contributed by atoms with Crippen LogP contribution < -0.4 is 10.1 Å². The summed E-state index contributed by atoms with van der Waals surface area (Å²) in [6, 6.07) is 10.8. The molecule has 0 radical (unpaired) electrons. The molecule has 3 heterocycles. The van der Waals surface area contributed by atoms with Crippen molar-refractivity contribution in [1.82, 2.24) is 19.7 Å². The molecule has 0 unspecified atom stereocenters. The highest BCUT2D eigenvalue weighted by Crippen LogP contribution is 2.16. The van der Waals surface area contributed by atoms with Crippen LogP contribution in [0.4, 0.5) is 5.82 Å². The second-order valence-corrected chi connectivity index (χ2v) is 4.96. The van der Waals surface area contributed by atoms with E-state index in [9.17, 15) is 4.79 Å². The van der Waals surface area contributed by atoms with E-state index in [1.807, 2.05) is 25.1 Å². The summed E-state index contributed by atoms with van der Waals surface area (Å²) in [5.41, 5.74) is 1.27. The molecule has 24 heavy (non-hydrogen) atoms. The predicted molar refractivity (Wildman–Crippen MR) is 88.9 cm³/mol. The fourth-order valence-electron chi connectivity index (χ4n) is 2.17. The summed E-state index contributed by atoms with van der Waals surface area (Å²) in [7, 11) is 0.